The summed E-state index contributed by atoms with van der Waals surface area (Å²) in [5.74, 6) is 0.520. The SMILES string of the molecule is Cc1c(NC(=S)Nc2nn(Cc3ccccc3)cc2Cl)cnn1C. The van der Waals surface area contributed by atoms with Crippen molar-refractivity contribution in [1.82, 2.24) is 19.6 Å². The van der Waals surface area contributed by atoms with E-state index in [4.69, 9.17) is 23.8 Å². The molecule has 0 amide bonds. The maximum Gasteiger partial charge on any atom is 0.176 e. The smallest absolute Gasteiger partial charge is 0.176 e. The molecule has 2 N–H and O–H groups in total. The van der Waals surface area contributed by atoms with Crippen LogP contribution in [0, 0.1) is 6.92 Å². The van der Waals surface area contributed by atoms with Crippen LogP contribution in [0.5, 0.6) is 0 Å². The maximum atomic E-state index is 6.24. The van der Waals surface area contributed by atoms with E-state index in [-0.39, 0.29) is 0 Å². The molecule has 124 valence electrons. The van der Waals surface area contributed by atoms with Gasteiger partial charge in [-0.15, -0.1) is 0 Å². The van der Waals surface area contributed by atoms with Crippen molar-refractivity contribution in [1.29, 1.82) is 0 Å². The Hall–Kier alpha value is -2.38. The van der Waals surface area contributed by atoms with Gasteiger partial charge in [0.1, 0.15) is 5.02 Å². The fraction of sp³-hybridized carbons (Fsp3) is 0.188. The van der Waals surface area contributed by atoms with E-state index in [1.165, 1.54) is 0 Å². The molecule has 2 aromatic heterocycles. The van der Waals surface area contributed by atoms with Gasteiger partial charge in [-0.1, -0.05) is 41.9 Å². The number of aryl methyl sites for hydroxylation is 1. The zero-order valence-corrected chi connectivity index (χ0v) is 14.9. The molecule has 0 aliphatic carbocycles. The number of thiocarbonyl (C=S) groups is 1. The largest absolute Gasteiger partial charge is 0.330 e. The molecule has 0 aliphatic heterocycles. The molecule has 0 radical (unpaired) electrons. The molecule has 6 nitrogen and oxygen atoms in total. The summed E-state index contributed by atoms with van der Waals surface area (Å²) in [6, 6.07) is 10.1. The molecule has 0 bridgehead atoms. The minimum atomic E-state index is 0.415. The van der Waals surface area contributed by atoms with Gasteiger partial charge in [-0.05, 0) is 24.7 Å². The van der Waals surface area contributed by atoms with Crippen LogP contribution in [0.1, 0.15) is 11.3 Å². The molecular formula is C16H17ClN6S. The van der Waals surface area contributed by atoms with E-state index >= 15 is 0 Å². The Bertz CT molecular complexity index is 855. The lowest BCUT2D eigenvalue weighted by atomic mass is 10.2. The minimum absolute atomic E-state index is 0.415. The van der Waals surface area contributed by atoms with Crippen molar-refractivity contribution >= 4 is 40.4 Å². The summed E-state index contributed by atoms with van der Waals surface area (Å²) in [5, 5.41) is 15.6. The van der Waals surface area contributed by atoms with E-state index in [1.54, 1.807) is 21.8 Å². The average Bonchev–Trinajstić information content (AvgIpc) is 3.05. The van der Waals surface area contributed by atoms with Crippen LogP contribution >= 0.6 is 23.8 Å². The minimum Gasteiger partial charge on any atom is -0.330 e. The molecule has 0 saturated heterocycles. The molecule has 3 rings (SSSR count). The Labute approximate surface area is 150 Å². The zero-order valence-electron chi connectivity index (χ0n) is 13.3. The highest BCUT2D eigenvalue weighted by Crippen LogP contribution is 2.21. The van der Waals surface area contributed by atoms with E-state index in [2.05, 4.69) is 20.8 Å². The molecule has 2 heterocycles. The van der Waals surface area contributed by atoms with Crippen molar-refractivity contribution in [3.8, 4) is 0 Å². The second-order valence-corrected chi connectivity index (χ2v) is 6.17. The lowest BCUT2D eigenvalue weighted by molar-refractivity contribution is 0.690. The van der Waals surface area contributed by atoms with Gasteiger partial charge in [0.15, 0.2) is 10.9 Å². The standard InChI is InChI=1S/C16H17ClN6S/c1-11-14(8-18-22(11)2)19-16(24)20-15-13(17)10-23(21-15)9-12-6-4-3-5-7-12/h3-8,10H,9H2,1-2H3,(H2,19,20,21,24). The summed E-state index contributed by atoms with van der Waals surface area (Å²) in [6.45, 7) is 2.60. The Morgan fingerprint density at radius 1 is 1.25 bits per heavy atom. The summed E-state index contributed by atoms with van der Waals surface area (Å²) in [6.07, 6.45) is 3.49. The van der Waals surface area contributed by atoms with Crippen LogP contribution in [0.3, 0.4) is 0 Å². The quantitative estimate of drug-likeness (QED) is 0.698. The molecule has 0 atom stereocenters. The Morgan fingerprint density at radius 3 is 2.67 bits per heavy atom. The van der Waals surface area contributed by atoms with Gasteiger partial charge in [0, 0.05) is 13.2 Å². The third kappa shape index (κ3) is 3.74. The number of hydrogen-bond acceptors (Lipinski definition) is 3. The van der Waals surface area contributed by atoms with Gasteiger partial charge in [-0.3, -0.25) is 9.36 Å². The van der Waals surface area contributed by atoms with Crippen molar-refractivity contribution in [3.05, 3.63) is 59.0 Å². The van der Waals surface area contributed by atoms with Gasteiger partial charge in [0.25, 0.3) is 0 Å². The number of hydrogen-bond donors (Lipinski definition) is 2. The van der Waals surface area contributed by atoms with Crippen molar-refractivity contribution in [2.75, 3.05) is 10.6 Å². The lowest BCUT2D eigenvalue weighted by Gasteiger charge is -2.08. The van der Waals surface area contributed by atoms with Crippen molar-refractivity contribution < 1.29 is 0 Å². The second-order valence-electron chi connectivity index (χ2n) is 5.36. The van der Waals surface area contributed by atoms with E-state index < -0.39 is 0 Å². The molecule has 0 unspecified atom stereocenters. The van der Waals surface area contributed by atoms with Crippen LogP contribution in [0.2, 0.25) is 5.02 Å². The number of anilines is 2. The molecule has 8 heteroatoms. The monoisotopic (exact) mass is 360 g/mol. The van der Waals surface area contributed by atoms with Crippen molar-refractivity contribution in [2.24, 2.45) is 7.05 Å². The van der Waals surface area contributed by atoms with Gasteiger partial charge in [-0.25, -0.2) is 0 Å². The fourth-order valence-corrected chi connectivity index (χ4v) is 2.62. The Morgan fingerprint density at radius 2 is 2.00 bits per heavy atom. The lowest BCUT2D eigenvalue weighted by Crippen LogP contribution is -2.20. The second kappa shape index (κ2) is 7.02. The summed E-state index contributed by atoms with van der Waals surface area (Å²) >= 11 is 11.6. The van der Waals surface area contributed by atoms with Crippen LogP contribution in [-0.4, -0.2) is 24.7 Å². The zero-order chi connectivity index (χ0) is 17.1. The van der Waals surface area contributed by atoms with E-state index in [0.29, 0.717) is 22.5 Å². The molecule has 0 aliphatic rings. The van der Waals surface area contributed by atoms with E-state index in [9.17, 15) is 0 Å². The topological polar surface area (TPSA) is 59.7 Å². The highest BCUT2D eigenvalue weighted by molar-refractivity contribution is 7.80. The Balaban J connectivity index is 1.67. The molecular weight excluding hydrogens is 344 g/mol. The summed E-state index contributed by atoms with van der Waals surface area (Å²) in [7, 11) is 1.87. The highest BCUT2D eigenvalue weighted by Gasteiger charge is 2.11. The van der Waals surface area contributed by atoms with Gasteiger partial charge < -0.3 is 10.6 Å². The van der Waals surface area contributed by atoms with Gasteiger partial charge >= 0.3 is 0 Å². The summed E-state index contributed by atoms with van der Waals surface area (Å²) in [5.41, 5.74) is 2.98. The first-order valence-electron chi connectivity index (χ1n) is 7.36. The molecule has 3 aromatic rings. The summed E-state index contributed by atoms with van der Waals surface area (Å²) in [4.78, 5) is 0. The highest BCUT2D eigenvalue weighted by atomic mass is 35.5. The van der Waals surface area contributed by atoms with Crippen LogP contribution < -0.4 is 10.6 Å². The first-order valence-corrected chi connectivity index (χ1v) is 8.15. The number of nitrogens with zero attached hydrogens (tertiary/aromatic N) is 4. The first kappa shape index (κ1) is 16.5. The van der Waals surface area contributed by atoms with Crippen molar-refractivity contribution in [3.63, 3.8) is 0 Å². The normalized spacial score (nSPS) is 10.6. The van der Waals surface area contributed by atoms with Crippen LogP contribution in [0.4, 0.5) is 11.5 Å². The number of benzene rings is 1. The van der Waals surface area contributed by atoms with Gasteiger partial charge in [-0.2, -0.15) is 10.2 Å². The van der Waals surface area contributed by atoms with Crippen LogP contribution in [-0.2, 0) is 13.6 Å². The predicted octanol–water partition coefficient (Wildman–Crippen LogP) is 3.44. The van der Waals surface area contributed by atoms with Gasteiger partial charge in [0.05, 0.1) is 24.1 Å². The van der Waals surface area contributed by atoms with Crippen molar-refractivity contribution in [2.45, 2.75) is 13.5 Å². The third-order valence-corrected chi connectivity index (χ3v) is 4.10. The third-order valence-electron chi connectivity index (χ3n) is 3.62. The number of halogens is 1. The fourth-order valence-electron chi connectivity index (χ4n) is 2.22. The molecule has 0 fully saturated rings. The average molecular weight is 361 g/mol. The first-order chi connectivity index (χ1) is 11.5. The molecule has 0 spiro atoms. The number of nitrogens with one attached hydrogen (secondary N) is 2. The van der Waals surface area contributed by atoms with Crippen LogP contribution in [0.15, 0.2) is 42.7 Å². The predicted molar refractivity (Wildman–Crippen MR) is 101 cm³/mol. The van der Waals surface area contributed by atoms with Gasteiger partial charge in [0.2, 0.25) is 0 Å². The van der Waals surface area contributed by atoms with E-state index in [1.807, 2.05) is 44.3 Å². The molecule has 0 saturated carbocycles. The Kier molecular flexibility index (Phi) is 4.82. The van der Waals surface area contributed by atoms with E-state index in [0.717, 1.165) is 16.9 Å². The molecule has 24 heavy (non-hydrogen) atoms. The maximum absolute atomic E-state index is 6.24. The number of rotatable bonds is 4. The summed E-state index contributed by atoms with van der Waals surface area (Å²) < 4.78 is 3.55. The molecule has 1 aromatic carbocycles. The van der Waals surface area contributed by atoms with Crippen LogP contribution in [0.25, 0.3) is 0 Å². The number of aromatic nitrogens is 4.